The second-order valence-electron chi connectivity index (χ2n) is 6.65. The Balaban J connectivity index is 3.37. The monoisotopic (exact) mass is 322 g/mol. The molecule has 2 N–H and O–H groups in total. The smallest absolute Gasteiger partial charge is 0.304 e. The van der Waals surface area contributed by atoms with Crippen LogP contribution in [0.5, 0.6) is 0 Å². The molecule has 126 valence electrons. The minimum absolute atomic E-state index is 0.202. The van der Waals surface area contributed by atoms with E-state index in [2.05, 4.69) is 0 Å². The van der Waals surface area contributed by atoms with Gasteiger partial charge in [-0.2, -0.15) is 0 Å². The number of ketones is 2. The second-order valence-corrected chi connectivity index (χ2v) is 6.65. The number of carbonyl (C=O) groups excluding carboxylic acids is 2. The first kappa shape index (κ1) is 18.8. The highest BCUT2D eigenvalue weighted by molar-refractivity contribution is 6.25. The van der Waals surface area contributed by atoms with Gasteiger partial charge in [-0.25, -0.2) is 0 Å². The highest BCUT2D eigenvalue weighted by Crippen LogP contribution is 2.40. The summed E-state index contributed by atoms with van der Waals surface area (Å²) >= 11 is 0. The average molecular weight is 322 g/mol. The zero-order chi connectivity index (χ0) is 18.1. The van der Waals surface area contributed by atoms with Gasteiger partial charge in [0.15, 0.2) is 11.6 Å². The summed E-state index contributed by atoms with van der Waals surface area (Å²) in [6, 6.07) is 0. The van der Waals surface area contributed by atoms with Crippen LogP contribution in [0.2, 0.25) is 0 Å². The van der Waals surface area contributed by atoms with E-state index in [1.165, 1.54) is 13.8 Å². The largest absolute Gasteiger partial charge is 0.481 e. The molecule has 1 rings (SSSR count). The Morgan fingerprint density at radius 3 is 1.96 bits per heavy atom. The Morgan fingerprint density at radius 1 is 1.00 bits per heavy atom. The quantitative estimate of drug-likeness (QED) is 0.727. The molecule has 0 aliphatic heterocycles. The van der Waals surface area contributed by atoms with Gasteiger partial charge in [0.25, 0.3) is 0 Å². The zero-order valence-corrected chi connectivity index (χ0v) is 14.0. The molecule has 1 aliphatic carbocycles. The minimum atomic E-state index is -1.05. The SMILES string of the molecule is CC1=C(C(C)CC(=O)O)C(=O)C(C)=C(C(C)(C)CC(=O)O)C1=O. The van der Waals surface area contributed by atoms with Crippen LogP contribution in [0, 0.1) is 11.3 Å². The van der Waals surface area contributed by atoms with E-state index in [0.29, 0.717) is 0 Å². The molecule has 0 amide bonds. The molecule has 0 radical (unpaired) electrons. The molecule has 6 nitrogen and oxygen atoms in total. The number of allylic oxidation sites excluding steroid dienone is 4. The number of carboxylic acids is 2. The topological polar surface area (TPSA) is 109 Å². The summed E-state index contributed by atoms with van der Waals surface area (Å²) in [5.41, 5.74) is -0.147. The Kier molecular flexibility index (Phi) is 5.30. The summed E-state index contributed by atoms with van der Waals surface area (Å²) in [5, 5.41) is 17.9. The van der Waals surface area contributed by atoms with E-state index in [-0.39, 0.29) is 46.7 Å². The number of Topliss-reactive ketones (excluding diaryl/α,β-unsaturated/α-hetero) is 2. The van der Waals surface area contributed by atoms with Crippen molar-refractivity contribution in [1.29, 1.82) is 0 Å². The number of aliphatic carboxylic acids is 2. The third-order valence-corrected chi connectivity index (χ3v) is 4.18. The van der Waals surface area contributed by atoms with Crippen molar-refractivity contribution < 1.29 is 29.4 Å². The van der Waals surface area contributed by atoms with Crippen molar-refractivity contribution in [3.05, 3.63) is 22.3 Å². The summed E-state index contributed by atoms with van der Waals surface area (Å²) in [6.07, 6.45) is -0.515. The molecule has 0 fully saturated rings. The molecule has 23 heavy (non-hydrogen) atoms. The fraction of sp³-hybridized carbons (Fsp3) is 0.529. The second kappa shape index (κ2) is 6.48. The number of carboxylic acid groups (broad SMARTS) is 2. The Hall–Kier alpha value is -2.24. The van der Waals surface area contributed by atoms with E-state index in [4.69, 9.17) is 10.2 Å². The standard InChI is InChI=1S/C17H22O6/c1-8(6-11(18)19)13-9(2)16(23)14(10(3)15(13)22)17(4,5)7-12(20)21/h8H,6-7H2,1-5H3,(H,18,19)(H,20,21). The molecule has 0 spiro atoms. The predicted octanol–water partition coefficient (Wildman–Crippen LogP) is 2.38. The van der Waals surface area contributed by atoms with Crippen LogP contribution in [0.4, 0.5) is 0 Å². The van der Waals surface area contributed by atoms with Crippen LogP contribution < -0.4 is 0 Å². The molecular weight excluding hydrogens is 300 g/mol. The maximum Gasteiger partial charge on any atom is 0.304 e. The van der Waals surface area contributed by atoms with Gasteiger partial charge in [-0.05, 0) is 19.8 Å². The van der Waals surface area contributed by atoms with Gasteiger partial charge in [0.2, 0.25) is 0 Å². The van der Waals surface area contributed by atoms with Gasteiger partial charge in [-0.1, -0.05) is 20.8 Å². The Bertz CT molecular complexity index is 648. The summed E-state index contributed by atoms with van der Waals surface area (Å²) in [6.45, 7) is 7.82. The highest BCUT2D eigenvalue weighted by Gasteiger charge is 2.40. The van der Waals surface area contributed by atoms with E-state index in [0.717, 1.165) is 0 Å². The van der Waals surface area contributed by atoms with Crippen molar-refractivity contribution in [2.45, 2.75) is 47.5 Å². The summed E-state index contributed by atoms with van der Waals surface area (Å²) < 4.78 is 0. The van der Waals surface area contributed by atoms with Crippen molar-refractivity contribution in [2.24, 2.45) is 11.3 Å². The molecule has 0 saturated heterocycles. The Morgan fingerprint density at radius 2 is 1.52 bits per heavy atom. The van der Waals surface area contributed by atoms with Crippen LogP contribution in [0.15, 0.2) is 22.3 Å². The van der Waals surface area contributed by atoms with E-state index in [9.17, 15) is 19.2 Å². The van der Waals surface area contributed by atoms with Gasteiger partial charge in [0.1, 0.15) is 0 Å². The molecular formula is C17H22O6. The lowest BCUT2D eigenvalue weighted by atomic mass is 9.69. The van der Waals surface area contributed by atoms with Crippen molar-refractivity contribution in [3.8, 4) is 0 Å². The molecule has 1 unspecified atom stereocenters. The lowest BCUT2D eigenvalue weighted by Gasteiger charge is -2.32. The van der Waals surface area contributed by atoms with E-state index in [1.54, 1.807) is 20.8 Å². The number of hydrogen-bond donors (Lipinski definition) is 2. The van der Waals surface area contributed by atoms with Crippen LogP contribution in [-0.4, -0.2) is 33.7 Å². The van der Waals surface area contributed by atoms with Crippen LogP contribution in [0.3, 0.4) is 0 Å². The van der Waals surface area contributed by atoms with Gasteiger partial charge in [-0.15, -0.1) is 0 Å². The average Bonchev–Trinajstić information content (AvgIpc) is 2.34. The van der Waals surface area contributed by atoms with Crippen molar-refractivity contribution in [1.82, 2.24) is 0 Å². The molecule has 0 saturated carbocycles. The van der Waals surface area contributed by atoms with E-state index >= 15 is 0 Å². The first-order valence-electron chi connectivity index (χ1n) is 7.35. The third-order valence-electron chi connectivity index (χ3n) is 4.18. The zero-order valence-electron chi connectivity index (χ0n) is 14.0. The fourth-order valence-corrected chi connectivity index (χ4v) is 3.20. The summed E-state index contributed by atoms with van der Waals surface area (Å²) in [4.78, 5) is 47.2. The molecule has 1 aliphatic rings. The van der Waals surface area contributed by atoms with Crippen molar-refractivity contribution >= 4 is 23.5 Å². The van der Waals surface area contributed by atoms with Gasteiger partial charge >= 0.3 is 11.9 Å². The van der Waals surface area contributed by atoms with Crippen molar-refractivity contribution in [2.75, 3.05) is 0 Å². The maximum atomic E-state index is 12.7. The predicted molar refractivity (Wildman–Crippen MR) is 82.9 cm³/mol. The number of hydrogen-bond acceptors (Lipinski definition) is 4. The van der Waals surface area contributed by atoms with Crippen LogP contribution in [0.25, 0.3) is 0 Å². The Labute approximate surface area is 134 Å². The van der Waals surface area contributed by atoms with Crippen LogP contribution in [-0.2, 0) is 19.2 Å². The van der Waals surface area contributed by atoms with Gasteiger partial charge in [0.05, 0.1) is 12.8 Å². The minimum Gasteiger partial charge on any atom is -0.481 e. The van der Waals surface area contributed by atoms with E-state index < -0.39 is 23.3 Å². The van der Waals surface area contributed by atoms with Gasteiger partial charge in [-0.3, -0.25) is 19.2 Å². The van der Waals surface area contributed by atoms with Crippen LogP contribution >= 0.6 is 0 Å². The number of rotatable bonds is 6. The molecule has 0 heterocycles. The lowest BCUT2D eigenvalue weighted by Crippen LogP contribution is -2.33. The fourth-order valence-electron chi connectivity index (χ4n) is 3.20. The third kappa shape index (κ3) is 3.75. The first-order valence-corrected chi connectivity index (χ1v) is 7.35. The molecule has 0 aromatic rings. The molecule has 6 heteroatoms. The van der Waals surface area contributed by atoms with Crippen molar-refractivity contribution in [3.63, 3.8) is 0 Å². The first-order chi connectivity index (χ1) is 10.4. The van der Waals surface area contributed by atoms with Gasteiger partial charge in [0, 0.05) is 27.7 Å². The van der Waals surface area contributed by atoms with E-state index in [1.807, 2.05) is 0 Å². The maximum absolute atomic E-state index is 12.7. The van der Waals surface area contributed by atoms with Gasteiger partial charge < -0.3 is 10.2 Å². The molecule has 0 aromatic carbocycles. The normalized spacial score (nSPS) is 17.6. The molecule has 1 atom stereocenters. The molecule has 0 bridgehead atoms. The molecule has 0 aromatic heterocycles. The summed E-state index contributed by atoms with van der Waals surface area (Å²) in [5.74, 6) is -3.42. The number of carbonyl (C=O) groups is 4. The summed E-state index contributed by atoms with van der Waals surface area (Å²) in [7, 11) is 0. The highest BCUT2D eigenvalue weighted by atomic mass is 16.4. The lowest BCUT2D eigenvalue weighted by molar-refractivity contribution is -0.139. The van der Waals surface area contributed by atoms with Crippen LogP contribution in [0.1, 0.15) is 47.5 Å².